The van der Waals surface area contributed by atoms with Crippen molar-refractivity contribution >= 4 is 0 Å². The van der Waals surface area contributed by atoms with E-state index in [1.807, 2.05) is 12.1 Å². The highest BCUT2D eigenvalue weighted by Gasteiger charge is 2.15. The minimum Gasteiger partial charge on any atom is -0.508 e. The lowest BCUT2D eigenvalue weighted by molar-refractivity contribution is -0.00907. The number of hydrogen-bond donors (Lipinski definition) is 1. The molecular formula is C16H24O2. The van der Waals surface area contributed by atoms with E-state index >= 15 is 0 Å². The van der Waals surface area contributed by atoms with Gasteiger partial charge in [-0.15, -0.1) is 0 Å². The van der Waals surface area contributed by atoms with Crippen LogP contribution >= 0.6 is 0 Å². The average molecular weight is 248 g/mol. The topological polar surface area (TPSA) is 29.5 Å². The third kappa shape index (κ3) is 4.34. The lowest BCUT2D eigenvalue weighted by atomic mass is 10.1. The molecule has 0 radical (unpaired) electrons. The van der Waals surface area contributed by atoms with Crippen LogP contribution in [0.2, 0.25) is 0 Å². The summed E-state index contributed by atoms with van der Waals surface area (Å²) in [6, 6.07) is 7.44. The van der Waals surface area contributed by atoms with Crippen LogP contribution in [0.15, 0.2) is 24.3 Å². The molecular weight excluding hydrogens is 224 g/mol. The molecule has 0 aromatic heterocycles. The van der Waals surface area contributed by atoms with Gasteiger partial charge in [0.2, 0.25) is 0 Å². The highest BCUT2D eigenvalue weighted by molar-refractivity contribution is 5.26. The van der Waals surface area contributed by atoms with Gasteiger partial charge in [0.15, 0.2) is 0 Å². The van der Waals surface area contributed by atoms with Crippen molar-refractivity contribution in [3.8, 4) is 5.75 Å². The van der Waals surface area contributed by atoms with E-state index in [1.165, 1.54) is 44.1 Å². The fraction of sp³-hybridized carbons (Fsp3) is 0.625. The Kier molecular flexibility index (Phi) is 5.06. The van der Waals surface area contributed by atoms with Crippen molar-refractivity contribution in [2.75, 3.05) is 0 Å². The van der Waals surface area contributed by atoms with Crippen LogP contribution in [0.5, 0.6) is 5.75 Å². The van der Waals surface area contributed by atoms with Crippen LogP contribution < -0.4 is 0 Å². The molecule has 0 spiro atoms. The van der Waals surface area contributed by atoms with Crippen molar-refractivity contribution in [3.63, 3.8) is 0 Å². The van der Waals surface area contributed by atoms with Crippen molar-refractivity contribution in [2.45, 2.75) is 64.1 Å². The zero-order valence-corrected chi connectivity index (χ0v) is 11.3. The monoisotopic (exact) mass is 248 g/mol. The molecule has 18 heavy (non-hydrogen) atoms. The Bertz CT molecular complexity index is 337. The van der Waals surface area contributed by atoms with E-state index in [1.54, 1.807) is 12.1 Å². The predicted octanol–water partition coefficient (Wildman–Crippen LogP) is 4.06. The van der Waals surface area contributed by atoms with Gasteiger partial charge in [-0.25, -0.2) is 0 Å². The summed E-state index contributed by atoms with van der Waals surface area (Å²) in [7, 11) is 0. The average Bonchev–Trinajstić information content (AvgIpc) is 2.61. The molecule has 2 heteroatoms. The van der Waals surface area contributed by atoms with Gasteiger partial charge in [-0.2, -0.15) is 0 Å². The molecule has 1 aromatic rings. The maximum Gasteiger partial charge on any atom is 0.115 e. The summed E-state index contributed by atoms with van der Waals surface area (Å²) in [5.41, 5.74) is 1.23. The van der Waals surface area contributed by atoms with E-state index in [2.05, 4.69) is 6.92 Å². The van der Waals surface area contributed by atoms with Crippen LogP contribution in [0.4, 0.5) is 0 Å². The lowest BCUT2D eigenvalue weighted by Gasteiger charge is -2.21. The first kappa shape index (κ1) is 13.4. The van der Waals surface area contributed by atoms with Gasteiger partial charge < -0.3 is 9.84 Å². The second kappa shape index (κ2) is 6.79. The SMILES string of the molecule is CC(Cc1ccc(O)cc1)OC1CCCCCC1. The number of hydrogen-bond acceptors (Lipinski definition) is 2. The highest BCUT2D eigenvalue weighted by atomic mass is 16.5. The Hall–Kier alpha value is -1.02. The molecule has 1 aliphatic rings. The van der Waals surface area contributed by atoms with Gasteiger partial charge in [0.25, 0.3) is 0 Å². The third-order valence-corrected chi connectivity index (χ3v) is 3.69. The zero-order chi connectivity index (χ0) is 12.8. The van der Waals surface area contributed by atoms with E-state index < -0.39 is 0 Å². The summed E-state index contributed by atoms with van der Waals surface area (Å²) in [6.07, 6.45) is 9.46. The minimum atomic E-state index is 0.262. The van der Waals surface area contributed by atoms with Crippen molar-refractivity contribution in [1.29, 1.82) is 0 Å². The smallest absolute Gasteiger partial charge is 0.115 e. The zero-order valence-electron chi connectivity index (χ0n) is 11.3. The van der Waals surface area contributed by atoms with Crippen molar-refractivity contribution in [3.05, 3.63) is 29.8 Å². The molecule has 1 aromatic carbocycles. The Morgan fingerprint density at radius 1 is 1.11 bits per heavy atom. The first-order valence-corrected chi connectivity index (χ1v) is 7.17. The molecule has 2 nitrogen and oxygen atoms in total. The van der Waals surface area contributed by atoms with E-state index in [0.29, 0.717) is 11.9 Å². The van der Waals surface area contributed by atoms with Gasteiger partial charge in [0.1, 0.15) is 5.75 Å². The van der Waals surface area contributed by atoms with E-state index in [9.17, 15) is 5.11 Å². The standard InChI is InChI=1S/C16H24O2/c1-13(12-14-8-10-15(17)11-9-14)18-16-6-4-2-3-5-7-16/h8-11,13,16-17H,2-7,12H2,1H3. The van der Waals surface area contributed by atoms with Crippen LogP contribution in [0, 0.1) is 0 Å². The number of benzene rings is 1. The van der Waals surface area contributed by atoms with Crippen LogP contribution in [-0.4, -0.2) is 17.3 Å². The summed E-state index contributed by atoms with van der Waals surface area (Å²) >= 11 is 0. The summed E-state index contributed by atoms with van der Waals surface area (Å²) in [6.45, 7) is 2.15. The fourth-order valence-electron chi connectivity index (χ4n) is 2.72. The largest absolute Gasteiger partial charge is 0.508 e. The van der Waals surface area contributed by atoms with Crippen LogP contribution in [0.1, 0.15) is 51.0 Å². The van der Waals surface area contributed by atoms with Gasteiger partial charge in [-0.05, 0) is 43.9 Å². The Morgan fingerprint density at radius 2 is 1.72 bits per heavy atom. The predicted molar refractivity (Wildman–Crippen MR) is 73.8 cm³/mol. The third-order valence-electron chi connectivity index (χ3n) is 3.69. The molecule has 1 N–H and O–H groups in total. The number of rotatable bonds is 4. The van der Waals surface area contributed by atoms with E-state index in [0.717, 1.165) is 6.42 Å². The normalized spacial score (nSPS) is 19.4. The molecule has 0 amide bonds. The quantitative estimate of drug-likeness (QED) is 0.814. The molecule has 0 bridgehead atoms. The molecule has 1 aliphatic carbocycles. The van der Waals surface area contributed by atoms with Gasteiger partial charge in [-0.1, -0.05) is 37.8 Å². The first-order valence-electron chi connectivity index (χ1n) is 7.17. The second-order valence-corrected chi connectivity index (χ2v) is 5.43. The molecule has 1 unspecified atom stereocenters. The van der Waals surface area contributed by atoms with E-state index in [-0.39, 0.29) is 6.10 Å². The maximum atomic E-state index is 9.25. The number of phenols is 1. The maximum absolute atomic E-state index is 9.25. The Balaban J connectivity index is 1.80. The molecule has 0 heterocycles. The number of aromatic hydroxyl groups is 1. The van der Waals surface area contributed by atoms with Crippen molar-refractivity contribution < 1.29 is 9.84 Å². The number of phenolic OH excluding ortho intramolecular Hbond substituents is 1. The Morgan fingerprint density at radius 3 is 2.33 bits per heavy atom. The summed E-state index contributed by atoms with van der Waals surface area (Å²) < 4.78 is 6.14. The minimum absolute atomic E-state index is 0.262. The molecule has 1 atom stereocenters. The van der Waals surface area contributed by atoms with Crippen molar-refractivity contribution in [2.24, 2.45) is 0 Å². The summed E-state index contributed by atoms with van der Waals surface area (Å²) in [4.78, 5) is 0. The van der Waals surface area contributed by atoms with Gasteiger partial charge >= 0.3 is 0 Å². The summed E-state index contributed by atoms with van der Waals surface area (Å²) in [5.74, 6) is 0.330. The lowest BCUT2D eigenvalue weighted by Crippen LogP contribution is -2.21. The van der Waals surface area contributed by atoms with Gasteiger partial charge in [0, 0.05) is 0 Å². The van der Waals surface area contributed by atoms with Gasteiger partial charge in [-0.3, -0.25) is 0 Å². The van der Waals surface area contributed by atoms with Crippen LogP contribution in [-0.2, 0) is 11.2 Å². The first-order chi connectivity index (χ1) is 8.74. The molecule has 2 rings (SSSR count). The summed E-state index contributed by atoms with van der Waals surface area (Å²) in [5, 5.41) is 9.25. The van der Waals surface area contributed by atoms with Crippen LogP contribution in [0.25, 0.3) is 0 Å². The highest BCUT2D eigenvalue weighted by Crippen LogP contribution is 2.22. The molecule has 0 aliphatic heterocycles. The molecule has 100 valence electrons. The van der Waals surface area contributed by atoms with Gasteiger partial charge in [0.05, 0.1) is 12.2 Å². The molecule has 1 saturated carbocycles. The second-order valence-electron chi connectivity index (χ2n) is 5.43. The molecule has 1 fully saturated rings. The van der Waals surface area contributed by atoms with Crippen molar-refractivity contribution in [1.82, 2.24) is 0 Å². The number of ether oxygens (including phenoxy) is 1. The fourth-order valence-corrected chi connectivity index (χ4v) is 2.72. The Labute approximate surface area is 110 Å². The van der Waals surface area contributed by atoms with E-state index in [4.69, 9.17) is 4.74 Å². The molecule has 0 saturated heterocycles. The van der Waals surface area contributed by atoms with Crippen LogP contribution in [0.3, 0.4) is 0 Å².